The van der Waals surface area contributed by atoms with Crippen molar-refractivity contribution in [2.24, 2.45) is 0 Å². The van der Waals surface area contributed by atoms with Crippen LogP contribution in [0.4, 0.5) is 11.5 Å². The monoisotopic (exact) mass is 340 g/mol. The number of rotatable bonds is 4. The summed E-state index contributed by atoms with van der Waals surface area (Å²) < 4.78 is 0. The molecule has 6 heteroatoms. The Morgan fingerprint density at radius 3 is 2.46 bits per heavy atom. The first-order valence-electron chi connectivity index (χ1n) is 7.26. The van der Waals surface area contributed by atoms with Gasteiger partial charge < -0.3 is 5.32 Å². The fourth-order valence-electron chi connectivity index (χ4n) is 2.19. The second-order valence-corrected chi connectivity index (χ2v) is 5.22. The lowest BCUT2D eigenvalue weighted by atomic mass is 10.1. The van der Waals surface area contributed by atoms with Gasteiger partial charge in [-0.3, -0.25) is 9.78 Å². The third kappa shape index (κ3) is 4.14. The molecular weight excluding hydrogens is 324 g/mol. The van der Waals surface area contributed by atoms with Gasteiger partial charge in [-0.25, -0.2) is 9.97 Å². The van der Waals surface area contributed by atoms with Crippen molar-refractivity contribution in [2.45, 2.75) is 13.8 Å². The number of hydrogen-bond donors (Lipinski definition) is 1. The number of halogens is 1. The van der Waals surface area contributed by atoms with Gasteiger partial charge in [0.15, 0.2) is 11.6 Å². The minimum atomic E-state index is 0. The Bertz CT molecular complexity index is 835. The maximum Gasteiger partial charge on any atom is 0.163 e. The van der Waals surface area contributed by atoms with Crippen LogP contribution >= 0.6 is 12.4 Å². The highest BCUT2D eigenvalue weighted by atomic mass is 35.5. The van der Waals surface area contributed by atoms with Crippen molar-refractivity contribution in [3.63, 3.8) is 0 Å². The molecule has 0 aliphatic heterocycles. The highest BCUT2D eigenvalue weighted by Gasteiger charge is 2.06. The number of anilines is 2. The van der Waals surface area contributed by atoms with Crippen molar-refractivity contribution < 1.29 is 4.79 Å². The Labute approximate surface area is 146 Å². The van der Waals surface area contributed by atoms with Crippen LogP contribution in [0.5, 0.6) is 0 Å². The Morgan fingerprint density at radius 2 is 1.83 bits per heavy atom. The van der Waals surface area contributed by atoms with E-state index in [0.29, 0.717) is 17.2 Å². The molecule has 0 radical (unpaired) electrons. The second-order valence-electron chi connectivity index (χ2n) is 5.22. The van der Waals surface area contributed by atoms with Gasteiger partial charge in [-0.1, -0.05) is 0 Å². The number of Topliss-reactive ketones (excluding diaryl/α,β-unsaturated/α-hetero) is 1. The molecule has 0 amide bonds. The minimum absolute atomic E-state index is 0. The topological polar surface area (TPSA) is 67.8 Å². The number of aryl methyl sites for hydroxylation is 1. The van der Waals surface area contributed by atoms with Crippen molar-refractivity contribution in [1.82, 2.24) is 15.0 Å². The van der Waals surface area contributed by atoms with Crippen LogP contribution in [0.15, 0.2) is 54.9 Å². The van der Waals surface area contributed by atoms with Crippen LogP contribution < -0.4 is 5.32 Å². The largest absolute Gasteiger partial charge is 0.340 e. The van der Waals surface area contributed by atoms with Crippen molar-refractivity contribution >= 4 is 29.7 Å². The molecule has 0 saturated carbocycles. The van der Waals surface area contributed by atoms with E-state index in [2.05, 4.69) is 20.3 Å². The Kier molecular flexibility index (Phi) is 5.60. The lowest BCUT2D eigenvalue weighted by Crippen LogP contribution is -2.00. The summed E-state index contributed by atoms with van der Waals surface area (Å²) in [4.78, 5) is 24.4. The van der Waals surface area contributed by atoms with Crippen LogP contribution in [0.25, 0.3) is 11.4 Å². The minimum Gasteiger partial charge on any atom is -0.340 e. The molecule has 0 bridgehead atoms. The van der Waals surface area contributed by atoms with E-state index in [-0.39, 0.29) is 18.2 Å². The van der Waals surface area contributed by atoms with Gasteiger partial charge >= 0.3 is 0 Å². The van der Waals surface area contributed by atoms with Gasteiger partial charge in [-0.15, -0.1) is 12.4 Å². The van der Waals surface area contributed by atoms with Gasteiger partial charge in [0.25, 0.3) is 0 Å². The van der Waals surface area contributed by atoms with Gasteiger partial charge in [-0.05, 0) is 50.2 Å². The number of benzene rings is 1. The van der Waals surface area contributed by atoms with Crippen molar-refractivity contribution in [3.05, 3.63) is 66.1 Å². The Hall–Kier alpha value is -2.79. The SMILES string of the molecule is CC(=O)c1ccc(Nc2cc(C)nc(-c3cccnc3)n2)cc1.Cl. The summed E-state index contributed by atoms with van der Waals surface area (Å²) in [6, 6.07) is 13.0. The summed E-state index contributed by atoms with van der Waals surface area (Å²) in [6.45, 7) is 3.47. The zero-order valence-corrected chi connectivity index (χ0v) is 14.2. The molecule has 3 rings (SSSR count). The average molecular weight is 341 g/mol. The number of aromatic nitrogens is 3. The number of carbonyl (C=O) groups is 1. The van der Waals surface area contributed by atoms with Crippen LogP contribution in [-0.2, 0) is 0 Å². The summed E-state index contributed by atoms with van der Waals surface area (Å²) in [5, 5.41) is 3.24. The molecule has 5 nitrogen and oxygen atoms in total. The van der Waals surface area contributed by atoms with E-state index in [4.69, 9.17) is 0 Å². The third-order valence-corrected chi connectivity index (χ3v) is 3.34. The van der Waals surface area contributed by atoms with Crippen LogP contribution in [0.1, 0.15) is 23.0 Å². The maximum absolute atomic E-state index is 11.3. The highest BCUT2D eigenvalue weighted by molar-refractivity contribution is 5.94. The van der Waals surface area contributed by atoms with E-state index >= 15 is 0 Å². The van der Waals surface area contributed by atoms with E-state index in [1.54, 1.807) is 31.5 Å². The van der Waals surface area contributed by atoms with Crippen molar-refractivity contribution in [2.75, 3.05) is 5.32 Å². The number of hydrogen-bond acceptors (Lipinski definition) is 5. The van der Waals surface area contributed by atoms with E-state index in [1.807, 2.05) is 37.3 Å². The molecule has 3 aromatic rings. The maximum atomic E-state index is 11.3. The summed E-state index contributed by atoms with van der Waals surface area (Å²) >= 11 is 0. The second kappa shape index (κ2) is 7.66. The van der Waals surface area contributed by atoms with Gasteiger partial charge in [0, 0.05) is 41.0 Å². The molecule has 0 spiro atoms. The zero-order valence-electron chi connectivity index (χ0n) is 13.4. The Balaban J connectivity index is 0.00000208. The van der Waals surface area contributed by atoms with E-state index in [0.717, 1.165) is 16.9 Å². The first-order chi connectivity index (χ1) is 11.1. The van der Waals surface area contributed by atoms with Gasteiger partial charge in [0.1, 0.15) is 5.82 Å². The molecule has 0 saturated heterocycles. The summed E-state index contributed by atoms with van der Waals surface area (Å²) in [7, 11) is 0. The molecule has 0 unspecified atom stereocenters. The lowest BCUT2D eigenvalue weighted by Gasteiger charge is -2.09. The third-order valence-electron chi connectivity index (χ3n) is 3.34. The van der Waals surface area contributed by atoms with E-state index < -0.39 is 0 Å². The summed E-state index contributed by atoms with van der Waals surface area (Å²) in [5.74, 6) is 1.38. The Morgan fingerprint density at radius 1 is 1.08 bits per heavy atom. The summed E-state index contributed by atoms with van der Waals surface area (Å²) in [6.07, 6.45) is 3.45. The molecule has 122 valence electrons. The molecule has 1 aromatic carbocycles. The molecule has 2 aromatic heterocycles. The quantitative estimate of drug-likeness (QED) is 0.720. The van der Waals surface area contributed by atoms with E-state index in [9.17, 15) is 4.79 Å². The molecule has 0 aliphatic rings. The fraction of sp³-hybridized carbons (Fsp3) is 0.111. The van der Waals surface area contributed by atoms with Crippen molar-refractivity contribution in [3.8, 4) is 11.4 Å². The van der Waals surface area contributed by atoms with Crippen LogP contribution in [0.2, 0.25) is 0 Å². The summed E-state index contributed by atoms with van der Waals surface area (Å²) in [5.41, 5.74) is 3.28. The fourth-order valence-corrected chi connectivity index (χ4v) is 2.19. The van der Waals surface area contributed by atoms with Crippen LogP contribution in [0, 0.1) is 6.92 Å². The first-order valence-corrected chi connectivity index (χ1v) is 7.26. The van der Waals surface area contributed by atoms with E-state index in [1.165, 1.54) is 0 Å². The normalized spacial score (nSPS) is 9.92. The van der Waals surface area contributed by atoms with Gasteiger partial charge in [0.2, 0.25) is 0 Å². The smallest absolute Gasteiger partial charge is 0.163 e. The number of carbonyl (C=O) groups excluding carboxylic acids is 1. The molecule has 0 fully saturated rings. The lowest BCUT2D eigenvalue weighted by molar-refractivity contribution is 0.101. The first kappa shape index (κ1) is 17.6. The molecule has 2 heterocycles. The van der Waals surface area contributed by atoms with Gasteiger partial charge in [0.05, 0.1) is 0 Å². The molecular formula is C18H17ClN4O. The predicted octanol–water partition coefficient (Wildman–Crippen LogP) is 4.22. The number of nitrogens with one attached hydrogen (secondary N) is 1. The standard InChI is InChI=1S/C18H16N4O.ClH/c1-12-10-17(21-16-7-5-14(6-8-16)13(2)23)22-18(20-12)15-4-3-9-19-11-15;/h3-11H,1-2H3,(H,20,21,22);1H. The number of ketones is 1. The number of nitrogens with zero attached hydrogens (tertiary/aromatic N) is 3. The predicted molar refractivity (Wildman–Crippen MR) is 97.0 cm³/mol. The van der Waals surface area contributed by atoms with Gasteiger partial charge in [-0.2, -0.15) is 0 Å². The van der Waals surface area contributed by atoms with Crippen LogP contribution in [-0.4, -0.2) is 20.7 Å². The molecule has 0 aliphatic carbocycles. The zero-order chi connectivity index (χ0) is 16.2. The number of pyridine rings is 1. The molecule has 24 heavy (non-hydrogen) atoms. The van der Waals surface area contributed by atoms with Crippen molar-refractivity contribution in [1.29, 1.82) is 0 Å². The molecule has 1 N–H and O–H groups in total. The average Bonchev–Trinajstić information content (AvgIpc) is 2.55. The van der Waals surface area contributed by atoms with Crippen LogP contribution in [0.3, 0.4) is 0 Å². The highest BCUT2D eigenvalue weighted by Crippen LogP contribution is 2.20. The molecule has 0 atom stereocenters.